The van der Waals surface area contributed by atoms with E-state index < -0.39 is 28.9 Å². The second-order valence-corrected chi connectivity index (χ2v) is 8.33. The van der Waals surface area contributed by atoms with E-state index in [4.69, 9.17) is 9.26 Å². The van der Waals surface area contributed by atoms with Crippen molar-refractivity contribution in [2.45, 2.75) is 32.2 Å². The number of aliphatic carboxylic acids is 1. The smallest absolute Gasteiger partial charge is 0.309 e. The van der Waals surface area contributed by atoms with E-state index in [0.717, 1.165) is 22.8 Å². The number of carboxylic acid groups (broad SMARTS) is 1. The summed E-state index contributed by atoms with van der Waals surface area (Å²) in [7, 11) is 1.52. The molecule has 2 atom stereocenters. The zero-order valence-electron chi connectivity index (χ0n) is 18.7. The first-order valence-electron chi connectivity index (χ1n) is 10.7. The van der Waals surface area contributed by atoms with Gasteiger partial charge in [-0.2, -0.15) is 5.16 Å². The average Bonchev–Trinajstić information content (AvgIpc) is 3.25. The molecule has 0 radical (unpaired) electrons. The fourth-order valence-electron chi connectivity index (χ4n) is 3.74. The van der Waals surface area contributed by atoms with Crippen molar-refractivity contribution in [2.24, 2.45) is 5.41 Å². The largest absolute Gasteiger partial charge is 0.481 e. The third-order valence-electron chi connectivity index (χ3n) is 5.70. The van der Waals surface area contributed by atoms with Gasteiger partial charge in [0, 0.05) is 19.8 Å². The standard InChI is InChI=1S/C25H28N2O6/c1-25(24(30)31,12-13-32-2)16-20(26-23(29)21-15-22(28)27-33-21)14-17-8-10-19(11-9-17)18-6-4-3-5-7-18/h3-11,15,20H,12-14,16H2,1-2H3,(H,26,29)(H,27,28)(H,30,31)/t20-,25?/m1/s1. The molecule has 1 aromatic heterocycles. The molecular weight excluding hydrogens is 424 g/mol. The minimum absolute atomic E-state index is 0.154. The van der Waals surface area contributed by atoms with Crippen LogP contribution in [0.5, 0.6) is 0 Å². The second-order valence-electron chi connectivity index (χ2n) is 8.33. The minimum Gasteiger partial charge on any atom is -0.481 e. The summed E-state index contributed by atoms with van der Waals surface area (Å²) in [5.74, 6) is -1.71. The molecule has 0 bridgehead atoms. The predicted octanol–water partition coefficient (Wildman–Crippen LogP) is 3.49. The molecule has 0 saturated carbocycles. The summed E-state index contributed by atoms with van der Waals surface area (Å²) in [6.45, 7) is 1.92. The Balaban J connectivity index is 1.81. The van der Waals surface area contributed by atoms with Crippen LogP contribution in [0.15, 0.2) is 70.0 Å². The average molecular weight is 453 g/mol. The number of hydrogen-bond donors (Lipinski definition) is 3. The van der Waals surface area contributed by atoms with Crippen molar-refractivity contribution in [3.8, 4) is 11.1 Å². The summed E-state index contributed by atoms with van der Waals surface area (Å²) in [6.07, 6.45) is 0.870. The zero-order valence-corrected chi connectivity index (χ0v) is 18.7. The SMILES string of the molecule is COCCC(C)(C[C@@H](Cc1ccc(-c2ccccc2)cc1)NC(=O)c1cc(=O)[nH]o1)C(=O)O. The van der Waals surface area contributed by atoms with Crippen LogP contribution >= 0.6 is 0 Å². The van der Waals surface area contributed by atoms with Crippen LogP contribution in [-0.4, -0.2) is 41.9 Å². The maximum Gasteiger partial charge on any atom is 0.309 e. The Bertz CT molecular complexity index is 1120. The highest BCUT2D eigenvalue weighted by Crippen LogP contribution is 2.30. The molecule has 0 aliphatic heterocycles. The highest BCUT2D eigenvalue weighted by molar-refractivity contribution is 5.91. The topological polar surface area (TPSA) is 122 Å². The number of nitrogens with one attached hydrogen (secondary N) is 2. The van der Waals surface area contributed by atoms with E-state index in [2.05, 4.69) is 10.5 Å². The molecule has 2 aromatic carbocycles. The van der Waals surface area contributed by atoms with Gasteiger partial charge in [0.15, 0.2) is 0 Å². The maximum absolute atomic E-state index is 12.6. The Morgan fingerprint density at radius 3 is 2.36 bits per heavy atom. The highest BCUT2D eigenvalue weighted by Gasteiger charge is 2.36. The van der Waals surface area contributed by atoms with Gasteiger partial charge in [0.2, 0.25) is 5.76 Å². The van der Waals surface area contributed by atoms with Crippen molar-refractivity contribution < 1.29 is 24.0 Å². The highest BCUT2D eigenvalue weighted by atomic mass is 16.5. The number of methoxy groups -OCH3 is 1. The Morgan fingerprint density at radius 2 is 1.79 bits per heavy atom. The van der Waals surface area contributed by atoms with Crippen molar-refractivity contribution in [1.82, 2.24) is 10.5 Å². The molecule has 0 aliphatic rings. The lowest BCUT2D eigenvalue weighted by molar-refractivity contribution is -0.149. The van der Waals surface area contributed by atoms with Gasteiger partial charge in [-0.25, -0.2) is 0 Å². The van der Waals surface area contributed by atoms with Crippen LogP contribution in [-0.2, 0) is 16.0 Å². The molecule has 174 valence electrons. The number of hydrogen-bond acceptors (Lipinski definition) is 5. The molecule has 0 spiro atoms. The van der Waals surface area contributed by atoms with Gasteiger partial charge in [-0.1, -0.05) is 54.6 Å². The molecule has 0 aliphatic carbocycles. The maximum atomic E-state index is 12.6. The van der Waals surface area contributed by atoms with Gasteiger partial charge in [0.25, 0.3) is 11.5 Å². The molecule has 1 amide bonds. The summed E-state index contributed by atoms with van der Waals surface area (Å²) in [4.78, 5) is 36.0. The lowest BCUT2D eigenvalue weighted by Gasteiger charge is -2.30. The van der Waals surface area contributed by atoms with Crippen LogP contribution in [0.25, 0.3) is 11.1 Å². The van der Waals surface area contributed by atoms with E-state index in [9.17, 15) is 19.5 Å². The fourth-order valence-corrected chi connectivity index (χ4v) is 3.74. The molecule has 3 N–H and O–H groups in total. The summed E-state index contributed by atoms with van der Waals surface area (Å²) in [6, 6.07) is 18.4. The lowest BCUT2D eigenvalue weighted by Crippen LogP contribution is -2.43. The van der Waals surface area contributed by atoms with Gasteiger partial charge < -0.3 is 19.7 Å². The quantitative estimate of drug-likeness (QED) is 0.409. The first-order valence-corrected chi connectivity index (χ1v) is 10.7. The Morgan fingerprint density at radius 1 is 1.12 bits per heavy atom. The lowest BCUT2D eigenvalue weighted by atomic mass is 9.79. The summed E-state index contributed by atoms with van der Waals surface area (Å²) < 4.78 is 9.99. The first-order chi connectivity index (χ1) is 15.8. The van der Waals surface area contributed by atoms with Gasteiger partial charge in [-0.05, 0) is 42.9 Å². The van der Waals surface area contributed by atoms with Crippen LogP contribution in [0.3, 0.4) is 0 Å². The number of carbonyl (C=O) groups is 2. The molecule has 1 heterocycles. The fraction of sp³-hybridized carbons (Fsp3) is 0.320. The Kier molecular flexibility index (Phi) is 7.84. The molecule has 33 heavy (non-hydrogen) atoms. The molecule has 3 rings (SSSR count). The van der Waals surface area contributed by atoms with Crippen molar-refractivity contribution in [1.29, 1.82) is 0 Å². The molecule has 0 fully saturated rings. The Hall–Kier alpha value is -3.65. The van der Waals surface area contributed by atoms with Crippen LogP contribution in [0, 0.1) is 5.41 Å². The zero-order chi connectivity index (χ0) is 23.8. The van der Waals surface area contributed by atoms with Crippen LogP contribution in [0.1, 0.15) is 35.9 Å². The van der Waals surface area contributed by atoms with E-state index in [1.165, 1.54) is 7.11 Å². The minimum atomic E-state index is -1.11. The van der Waals surface area contributed by atoms with Crippen molar-refractivity contribution in [3.63, 3.8) is 0 Å². The summed E-state index contributed by atoms with van der Waals surface area (Å²) in [5, 5.41) is 14.8. The molecule has 3 aromatic rings. The molecule has 0 saturated heterocycles. The number of aromatic nitrogens is 1. The van der Waals surface area contributed by atoms with Crippen LogP contribution < -0.4 is 10.9 Å². The normalized spacial score (nSPS) is 13.8. The number of rotatable bonds is 11. The van der Waals surface area contributed by atoms with Crippen LogP contribution in [0.2, 0.25) is 0 Å². The van der Waals surface area contributed by atoms with Crippen molar-refractivity contribution >= 4 is 11.9 Å². The van der Waals surface area contributed by atoms with Gasteiger partial charge >= 0.3 is 5.97 Å². The van der Waals surface area contributed by atoms with Gasteiger partial charge in [0.05, 0.1) is 11.5 Å². The molecule has 1 unspecified atom stereocenters. The Labute approximate surface area is 191 Å². The van der Waals surface area contributed by atoms with Gasteiger partial charge in [0.1, 0.15) is 0 Å². The van der Waals surface area contributed by atoms with E-state index in [1.807, 2.05) is 54.6 Å². The number of aromatic amines is 1. The van der Waals surface area contributed by atoms with E-state index in [1.54, 1.807) is 6.92 Å². The molecular formula is C25H28N2O6. The number of benzene rings is 2. The second kappa shape index (κ2) is 10.8. The van der Waals surface area contributed by atoms with E-state index >= 15 is 0 Å². The monoisotopic (exact) mass is 452 g/mol. The van der Waals surface area contributed by atoms with Gasteiger partial charge in [-0.3, -0.25) is 14.4 Å². The number of carboxylic acids is 1. The van der Waals surface area contributed by atoms with Crippen molar-refractivity contribution in [2.75, 3.05) is 13.7 Å². The van der Waals surface area contributed by atoms with Crippen molar-refractivity contribution in [3.05, 3.63) is 82.3 Å². The number of carbonyl (C=O) groups excluding carboxylic acids is 1. The van der Waals surface area contributed by atoms with E-state index in [-0.39, 0.29) is 25.2 Å². The van der Waals surface area contributed by atoms with Gasteiger partial charge in [-0.15, -0.1) is 0 Å². The molecule has 8 heteroatoms. The summed E-state index contributed by atoms with van der Waals surface area (Å²) in [5.41, 5.74) is 1.45. The predicted molar refractivity (Wildman–Crippen MR) is 123 cm³/mol. The third-order valence-corrected chi connectivity index (χ3v) is 5.70. The van der Waals surface area contributed by atoms with E-state index in [0.29, 0.717) is 6.42 Å². The summed E-state index contributed by atoms with van der Waals surface area (Å²) >= 11 is 0. The number of amides is 1. The first kappa shape index (κ1) is 24.0. The van der Waals surface area contributed by atoms with Crippen LogP contribution in [0.4, 0.5) is 0 Å². The third kappa shape index (κ3) is 6.43. The molecule has 8 nitrogen and oxygen atoms in total. The number of ether oxygens (including phenoxy) is 1. The number of H-pyrrole nitrogens is 1.